The van der Waals surface area contributed by atoms with E-state index in [4.69, 9.17) is 10.5 Å². The SMILES string of the molecule is COc1ccc(CNC(=O)[C@@H](N)CC(C)C)cc1Br. The molecule has 4 nitrogen and oxygen atoms in total. The molecule has 0 unspecified atom stereocenters. The van der Waals surface area contributed by atoms with Gasteiger partial charge in [0.25, 0.3) is 0 Å². The lowest BCUT2D eigenvalue weighted by atomic mass is 10.0. The second-order valence-electron chi connectivity index (χ2n) is 4.92. The summed E-state index contributed by atoms with van der Waals surface area (Å²) >= 11 is 3.41. The molecule has 0 fully saturated rings. The largest absolute Gasteiger partial charge is 0.496 e. The molecule has 1 amide bonds. The molecule has 19 heavy (non-hydrogen) atoms. The van der Waals surface area contributed by atoms with E-state index in [1.807, 2.05) is 32.0 Å². The molecule has 0 radical (unpaired) electrons. The van der Waals surface area contributed by atoms with E-state index in [-0.39, 0.29) is 5.91 Å². The van der Waals surface area contributed by atoms with E-state index in [9.17, 15) is 4.79 Å². The van der Waals surface area contributed by atoms with Crippen molar-refractivity contribution in [3.05, 3.63) is 28.2 Å². The standard InChI is InChI=1S/C14H21BrN2O2/c1-9(2)6-12(16)14(18)17-8-10-4-5-13(19-3)11(15)7-10/h4-5,7,9,12H,6,8,16H2,1-3H3,(H,17,18)/t12-/m0/s1. The molecule has 1 aromatic carbocycles. The normalized spacial score (nSPS) is 12.3. The second-order valence-corrected chi connectivity index (χ2v) is 5.78. The van der Waals surface area contributed by atoms with Crippen LogP contribution >= 0.6 is 15.9 Å². The number of carbonyl (C=O) groups excluding carboxylic acids is 1. The van der Waals surface area contributed by atoms with Gasteiger partial charge in [0.05, 0.1) is 17.6 Å². The van der Waals surface area contributed by atoms with Crippen LogP contribution in [0.2, 0.25) is 0 Å². The molecular weight excluding hydrogens is 308 g/mol. The van der Waals surface area contributed by atoms with Gasteiger partial charge in [-0.3, -0.25) is 4.79 Å². The highest BCUT2D eigenvalue weighted by atomic mass is 79.9. The first-order chi connectivity index (χ1) is 8.93. The van der Waals surface area contributed by atoms with Gasteiger partial charge in [-0.1, -0.05) is 19.9 Å². The minimum Gasteiger partial charge on any atom is -0.496 e. The van der Waals surface area contributed by atoms with Gasteiger partial charge in [-0.2, -0.15) is 0 Å². The Morgan fingerprint density at radius 3 is 2.68 bits per heavy atom. The molecule has 0 aliphatic carbocycles. The Hall–Kier alpha value is -1.07. The summed E-state index contributed by atoms with van der Waals surface area (Å²) in [6.45, 7) is 4.56. The molecule has 0 bridgehead atoms. The highest BCUT2D eigenvalue weighted by Crippen LogP contribution is 2.25. The van der Waals surface area contributed by atoms with Gasteiger partial charge in [0, 0.05) is 6.54 Å². The predicted molar refractivity (Wildman–Crippen MR) is 80.0 cm³/mol. The summed E-state index contributed by atoms with van der Waals surface area (Å²) in [5.41, 5.74) is 6.81. The minimum absolute atomic E-state index is 0.111. The Morgan fingerprint density at radius 2 is 2.16 bits per heavy atom. The van der Waals surface area contributed by atoms with E-state index in [1.165, 1.54) is 0 Å². The zero-order chi connectivity index (χ0) is 14.4. The molecule has 0 aliphatic heterocycles. The molecule has 106 valence electrons. The first-order valence-corrected chi connectivity index (χ1v) is 7.09. The lowest BCUT2D eigenvalue weighted by molar-refractivity contribution is -0.122. The lowest BCUT2D eigenvalue weighted by Gasteiger charge is -2.14. The first kappa shape index (κ1) is 16.0. The molecule has 0 spiro atoms. The summed E-state index contributed by atoms with van der Waals surface area (Å²) in [6.07, 6.45) is 0.693. The maximum Gasteiger partial charge on any atom is 0.237 e. The Morgan fingerprint density at radius 1 is 1.47 bits per heavy atom. The van der Waals surface area contributed by atoms with Crippen LogP contribution in [0.25, 0.3) is 0 Å². The van der Waals surface area contributed by atoms with Crippen LogP contribution in [0.4, 0.5) is 0 Å². The van der Waals surface area contributed by atoms with E-state index in [0.29, 0.717) is 18.9 Å². The maximum atomic E-state index is 11.8. The summed E-state index contributed by atoms with van der Waals surface area (Å²) < 4.78 is 6.02. The molecule has 0 saturated carbocycles. The van der Waals surface area contributed by atoms with Crippen LogP contribution in [-0.2, 0) is 11.3 Å². The number of nitrogens with two attached hydrogens (primary N) is 1. The minimum atomic E-state index is -0.443. The van der Waals surface area contributed by atoms with Crippen molar-refractivity contribution in [2.75, 3.05) is 7.11 Å². The maximum absolute atomic E-state index is 11.8. The number of hydrogen-bond acceptors (Lipinski definition) is 3. The topological polar surface area (TPSA) is 64.3 Å². The fourth-order valence-corrected chi connectivity index (χ4v) is 2.34. The smallest absolute Gasteiger partial charge is 0.237 e. The number of carbonyl (C=O) groups is 1. The van der Waals surface area contributed by atoms with Gasteiger partial charge in [0.15, 0.2) is 0 Å². The third kappa shape index (κ3) is 5.20. The molecule has 0 saturated heterocycles. The highest BCUT2D eigenvalue weighted by molar-refractivity contribution is 9.10. The van der Waals surface area contributed by atoms with Gasteiger partial charge in [-0.15, -0.1) is 0 Å². The van der Waals surface area contributed by atoms with Crippen molar-refractivity contribution in [3.63, 3.8) is 0 Å². The molecular formula is C14H21BrN2O2. The number of nitrogens with one attached hydrogen (secondary N) is 1. The third-order valence-electron chi connectivity index (χ3n) is 2.75. The Bertz CT molecular complexity index is 435. The van der Waals surface area contributed by atoms with Gasteiger partial charge < -0.3 is 15.8 Å². The Balaban J connectivity index is 2.52. The first-order valence-electron chi connectivity index (χ1n) is 6.29. The molecule has 0 heterocycles. The summed E-state index contributed by atoms with van der Waals surface area (Å²) in [5, 5.41) is 2.84. The Kier molecular flexibility index (Phi) is 6.31. The monoisotopic (exact) mass is 328 g/mol. The zero-order valence-corrected chi connectivity index (χ0v) is 13.2. The van der Waals surface area contributed by atoms with E-state index < -0.39 is 6.04 Å². The highest BCUT2D eigenvalue weighted by Gasteiger charge is 2.14. The van der Waals surface area contributed by atoms with Crippen molar-refractivity contribution in [2.24, 2.45) is 11.7 Å². The summed E-state index contributed by atoms with van der Waals surface area (Å²) in [7, 11) is 1.62. The molecule has 5 heteroatoms. The molecule has 3 N–H and O–H groups in total. The van der Waals surface area contributed by atoms with E-state index in [1.54, 1.807) is 7.11 Å². The van der Waals surface area contributed by atoms with Crippen LogP contribution < -0.4 is 15.8 Å². The molecule has 0 aromatic heterocycles. The Labute approximate surface area is 122 Å². The van der Waals surface area contributed by atoms with Crippen LogP contribution in [0.5, 0.6) is 5.75 Å². The molecule has 0 aliphatic rings. The van der Waals surface area contributed by atoms with Gasteiger partial charge >= 0.3 is 0 Å². The summed E-state index contributed by atoms with van der Waals surface area (Å²) in [5.74, 6) is 1.07. The number of halogens is 1. The van der Waals surface area contributed by atoms with Crippen molar-refractivity contribution >= 4 is 21.8 Å². The van der Waals surface area contributed by atoms with E-state index >= 15 is 0 Å². The third-order valence-corrected chi connectivity index (χ3v) is 3.36. The number of amides is 1. The number of hydrogen-bond donors (Lipinski definition) is 2. The van der Waals surface area contributed by atoms with Crippen LogP contribution in [0, 0.1) is 5.92 Å². The fourth-order valence-electron chi connectivity index (χ4n) is 1.76. The van der Waals surface area contributed by atoms with Gasteiger partial charge in [0.1, 0.15) is 5.75 Å². The second kappa shape index (κ2) is 7.50. The van der Waals surface area contributed by atoms with Crippen molar-refractivity contribution < 1.29 is 9.53 Å². The molecule has 1 atom stereocenters. The average Bonchev–Trinajstić information content (AvgIpc) is 2.35. The number of methoxy groups -OCH3 is 1. The quantitative estimate of drug-likeness (QED) is 0.843. The van der Waals surface area contributed by atoms with Crippen LogP contribution in [0.1, 0.15) is 25.8 Å². The van der Waals surface area contributed by atoms with Gasteiger partial charge in [-0.05, 0) is 46.0 Å². The average molecular weight is 329 g/mol. The van der Waals surface area contributed by atoms with Crippen molar-refractivity contribution in [1.82, 2.24) is 5.32 Å². The molecule has 1 aromatic rings. The number of benzene rings is 1. The van der Waals surface area contributed by atoms with Crippen LogP contribution in [-0.4, -0.2) is 19.1 Å². The van der Waals surface area contributed by atoms with E-state index in [2.05, 4.69) is 21.2 Å². The van der Waals surface area contributed by atoms with Crippen LogP contribution in [0.3, 0.4) is 0 Å². The van der Waals surface area contributed by atoms with Gasteiger partial charge in [0.2, 0.25) is 5.91 Å². The van der Waals surface area contributed by atoms with Crippen molar-refractivity contribution in [3.8, 4) is 5.75 Å². The molecule has 1 rings (SSSR count). The number of rotatable bonds is 6. The lowest BCUT2D eigenvalue weighted by Crippen LogP contribution is -2.41. The number of ether oxygens (including phenoxy) is 1. The van der Waals surface area contributed by atoms with Crippen molar-refractivity contribution in [1.29, 1.82) is 0 Å². The summed E-state index contributed by atoms with van der Waals surface area (Å²) in [6, 6.07) is 5.26. The zero-order valence-electron chi connectivity index (χ0n) is 11.6. The predicted octanol–water partition coefficient (Wildman–Crippen LogP) is 2.45. The van der Waals surface area contributed by atoms with Gasteiger partial charge in [-0.25, -0.2) is 0 Å². The van der Waals surface area contributed by atoms with Crippen LogP contribution in [0.15, 0.2) is 22.7 Å². The fraction of sp³-hybridized carbons (Fsp3) is 0.500. The van der Waals surface area contributed by atoms with E-state index in [0.717, 1.165) is 15.8 Å². The summed E-state index contributed by atoms with van der Waals surface area (Å²) in [4.78, 5) is 11.8. The van der Waals surface area contributed by atoms with Crippen molar-refractivity contribution in [2.45, 2.75) is 32.9 Å².